The van der Waals surface area contributed by atoms with Gasteiger partial charge in [0, 0.05) is 12.1 Å². The molecular weight excluding hydrogens is 308 g/mol. The summed E-state index contributed by atoms with van der Waals surface area (Å²) in [6, 6.07) is 5.77. The molecule has 3 aliphatic rings. The van der Waals surface area contributed by atoms with Crippen LogP contribution in [0.3, 0.4) is 0 Å². The molecule has 3 fully saturated rings. The molecule has 24 heavy (non-hydrogen) atoms. The van der Waals surface area contributed by atoms with Crippen LogP contribution in [0, 0.1) is 33.8 Å². The van der Waals surface area contributed by atoms with Gasteiger partial charge >= 0.3 is 0 Å². The Kier molecular flexibility index (Phi) is 3.13. The molecule has 6 nitrogen and oxygen atoms in total. The second kappa shape index (κ2) is 5.00. The van der Waals surface area contributed by atoms with Crippen molar-refractivity contribution in [2.45, 2.75) is 26.7 Å². The van der Waals surface area contributed by atoms with E-state index in [0.29, 0.717) is 5.69 Å². The van der Waals surface area contributed by atoms with Crippen LogP contribution in [0.2, 0.25) is 0 Å². The highest BCUT2D eigenvalue weighted by Crippen LogP contribution is 2.60. The summed E-state index contributed by atoms with van der Waals surface area (Å²) in [6.07, 6.45) is 1.91. The number of hydrogen-bond donors (Lipinski definition) is 0. The third kappa shape index (κ3) is 1.82. The number of amides is 2. The number of carbonyl (C=O) groups excluding carboxylic acids is 2. The van der Waals surface area contributed by atoms with Crippen molar-refractivity contribution in [3.05, 3.63) is 45.5 Å². The van der Waals surface area contributed by atoms with Crippen molar-refractivity contribution in [1.29, 1.82) is 0 Å². The fourth-order valence-electron chi connectivity index (χ4n) is 4.99. The zero-order valence-electron chi connectivity index (χ0n) is 13.6. The minimum Gasteiger partial charge on any atom is -0.274 e. The van der Waals surface area contributed by atoms with Crippen molar-refractivity contribution >= 4 is 23.2 Å². The highest BCUT2D eigenvalue weighted by Gasteiger charge is 2.63. The van der Waals surface area contributed by atoms with Gasteiger partial charge in [0.2, 0.25) is 11.8 Å². The molecule has 124 valence electrons. The molecule has 4 atom stereocenters. The topological polar surface area (TPSA) is 80.5 Å². The van der Waals surface area contributed by atoms with Gasteiger partial charge in [0.15, 0.2) is 0 Å². The van der Waals surface area contributed by atoms with Gasteiger partial charge in [-0.25, -0.2) is 4.90 Å². The first-order valence-electron chi connectivity index (χ1n) is 8.21. The first-order valence-corrected chi connectivity index (χ1v) is 8.21. The van der Waals surface area contributed by atoms with Crippen LogP contribution in [0.4, 0.5) is 11.4 Å². The molecule has 0 aromatic heterocycles. The van der Waals surface area contributed by atoms with Crippen LogP contribution in [0.15, 0.2) is 35.4 Å². The molecule has 2 saturated carbocycles. The van der Waals surface area contributed by atoms with E-state index in [-0.39, 0.29) is 41.2 Å². The molecule has 0 spiro atoms. The third-order valence-electron chi connectivity index (χ3n) is 5.73. The van der Waals surface area contributed by atoms with Crippen molar-refractivity contribution in [3.63, 3.8) is 0 Å². The number of nitrogens with zero attached hydrogens (tertiary/aromatic N) is 2. The Hall–Kier alpha value is -2.50. The van der Waals surface area contributed by atoms with E-state index in [1.165, 1.54) is 34.2 Å². The van der Waals surface area contributed by atoms with Gasteiger partial charge in [0.25, 0.3) is 5.69 Å². The van der Waals surface area contributed by atoms with E-state index in [9.17, 15) is 19.7 Å². The third-order valence-corrected chi connectivity index (χ3v) is 5.73. The second-order valence-corrected chi connectivity index (χ2v) is 7.09. The molecule has 4 rings (SSSR count). The van der Waals surface area contributed by atoms with Gasteiger partial charge in [-0.05, 0) is 44.6 Å². The number of rotatable bonds is 2. The Bertz CT molecular complexity index is 777. The van der Waals surface area contributed by atoms with Gasteiger partial charge in [-0.3, -0.25) is 19.7 Å². The smallest absolute Gasteiger partial charge is 0.271 e. The van der Waals surface area contributed by atoms with Crippen LogP contribution in [-0.2, 0) is 9.59 Å². The number of allylic oxidation sites excluding steroid dienone is 2. The highest BCUT2D eigenvalue weighted by atomic mass is 16.6. The number of imide groups is 1. The molecule has 6 heteroatoms. The first kappa shape index (κ1) is 15.1. The number of benzene rings is 1. The Morgan fingerprint density at radius 3 is 2.21 bits per heavy atom. The molecule has 1 saturated heterocycles. The maximum absolute atomic E-state index is 12.9. The lowest BCUT2D eigenvalue weighted by atomic mass is 9.81. The van der Waals surface area contributed by atoms with E-state index < -0.39 is 4.92 Å². The monoisotopic (exact) mass is 326 g/mol. The summed E-state index contributed by atoms with van der Waals surface area (Å²) in [7, 11) is 0. The van der Waals surface area contributed by atoms with E-state index in [1.54, 1.807) is 6.07 Å². The van der Waals surface area contributed by atoms with Gasteiger partial charge in [-0.2, -0.15) is 0 Å². The number of nitro groups is 1. The summed E-state index contributed by atoms with van der Waals surface area (Å²) < 4.78 is 0. The predicted octanol–water partition coefficient (Wildman–Crippen LogP) is 3.08. The van der Waals surface area contributed by atoms with Gasteiger partial charge in [-0.15, -0.1) is 0 Å². The summed E-state index contributed by atoms with van der Waals surface area (Å²) in [4.78, 5) is 37.5. The summed E-state index contributed by atoms with van der Waals surface area (Å²) >= 11 is 0. The van der Waals surface area contributed by atoms with E-state index in [4.69, 9.17) is 0 Å². The van der Waals surface area contributed by atoms with Gasteiger partial charge in [0.1, 0.15) is 0 Å². The molecule has 0 N–H and O–H groups in total. The number of hydrogen-bond acceptors (Lipinski definition) is 4. The lowest BCUT2D eigenvalue weighted by Crippen LogP contribution is -2.33. The number of carbonyl (C=O) groups is 2. The summed E-state index contributed by atoms with van der Waals surface area (Å²) in [5, 5.41) is 11.0. The highest BCUT2D eigenvalue weighted by molar-refractivity contribution is 6.23. The zero-order valence-corrected chi connectivity index (χ0v) is 13.6. The maximum atomic E-state index is 12.9. The van der Waals surface area contributed by atoms with Gasteiger partial charge in [-0.1, -0.05) is 17.2 Å². The van der Waals surface area contributed by atoms with Crippen LogP contribution in [0.25, 0.3) is 0 Å². The van der Waals surface area contributed by atoms with Crippen molar-refractivity contribution < 1.29 is 14.5 Å². The van der Waals surface area contributed by atoms with E-state index in [0.717, 1.165) is 12.8 Å². The summed E-state index contributed by atoms with van der Waals surface area (Å²) in [5.41, 5.74) is 2.72. The molecule has 0 unspecified atom stereocenters. The first-order chi connectivity index (χ1) is 11.4. The fraction of sp³-hybridized carbons (Fsp3) is 0.444. The number of nitro benzene ring substituents is 1. The van der Waals surface area contributed by atoms with Gasteiger partial charge in [0.05, 0.1) is 22.4 Å². The Balaban J connectivity index is 1.75. The summed E-state index contributed by atoms with van der Waals surface area (Å²) in [6.45, 7) is 4.10. The van der Waals surface area contributed by atoms with Gasteiger partial charge < -0.3 is 0 Å². The maximum Gasteiger partial charge on any atom is 0.271 e. The van der Waals surface area contributed by atoms with Crippen LogP contribution < -0.4 is 4.90 Å². The number of anilines is 1. The predicted molar refractivity (Wildman–Crippen MR) is 87.2 cm³/mol. The van der Waals surface area contributed by atoms with Crippen molar-refractivity contribution in [2.24, 2.45) is 23.7 Å². The zero-order chi connectivity index (χ0) is 17.2. The van der Waals surface area contributed by atoms with E-state index in [1.807, 2.05) is 0 Å². The SMILES string of the molecule is CC(C)=C1[C@H]2CC[C@H]1[C@H]1C(=O)N(c3cccc([N+](=O)[O-])c3)C(=O)[C@H]12. The quantitative estimate of drug-likeness (QED) is 0.362. The molecule has 2 aliphatic carbocycles. The molecule has 1 aromatic rings. The Morgan fingerprint density at radius 1 is 1.12 bits per heavy atom. The van der Waals surface area contributed by atoms with Crippen molar-refractivity contribution in [1.82, 2.24) is 0 Å². The molecular formula is C18H18N2O4. The number of fused-ring (bicyclic) bond motifs is 5. The fourth-order valence-corrected chi connectivity index (χ4v) is 4.99. The lowest BCUT2D eigenvalue weighted by molar-refractivity contribution is -0.384. The molecule has 1 heterocycles. The van der Waals surface area contributed by atoms with Crippen LogP contribution in [0.5, 0.6) is 0 Å². The van der Waals surface area contributed by atoms with Crippen molar-refractivity contribution in [2.75, 3.05) is 4.90 Å². The molecule has 1 aromatic carbocycles. The molecule has 2 bridgehead atoms. The average molecular weight is 326 g/mol. The summed E-state index contributed by atoms with van der Waals surface area (Å²) in [5.74, 6) is -0.663. The lowest BCUT2D eigenvalue weighted by Gasteiger charge is -2.19. The number of non-ortho nitro benzene ring substituents is 1. The van der Waals surface area contributed by atoms with Crippen LogP contribution >= 0.6 is 0 Å². The second-order valence-electron chi connectivity index (χ2n) is 7.09. The van der Waals surface area contributed by atoms with Crippen LogP contribution in [0.1, 0.15) is 26.7 Å². The molecule has 2 amide bonds. The van der Waals surface area contributed by atoms with Crippen molar-refractivity contribution in [3.8, 4) is 0 Å². The van der Waals surface area contributed by atoms with E-state index >= 15 is 0 Å². The normalized spacial score (nSPS) is 30.9. The van der Waals surface area contributed by atoms with E-state index in [2.05, 4.69) is 13.8 Å². The Morgan fingerprint density at radius 2 is 1.71 bits per heavy atom. The minimum atomic E-state index is -0.514. The largest absolute Gasteiger partial charge is 0.274 e. The average Bonchev–Trinajstić information content (AvgIpc) is 3.17. The van der Waals surface area contributed by atoms with Crippen LogP contribution in [-0.4, -0.2) is 16.7 Å². The molecule has 0 radical (unpaired) electrons. The standard InChI is InChI=1S/C18H18N2O4/c1-9(2)14-12-6-7-13(14)16-15(12)17(21)19(18(16)22)10-4-3-5-11(8-10)20(23)24/h3-5,8,12-13,15-16H,6-7H2,1-2H3/t12-,13-,15-,16+/m1/s1. The molecule has 1 aliphatic heterocycles. The minimum absolute atomic E-state index is 0.113. The Labute approximate surface area is 139 Å².